The zero-order valence-corrected chi connectivity index (χ0v) is 17.4. The first-order chi connectivity index (χ1) is 13.5. The number of rotatable bonds is 9. The number of benzene rings is 1. The maximum Gasteiger partial charge on any atom is 0.251 e. The Hall–Kier alpha value is -1.95. The maximum atomic E-state index is 12.9. The second-order valence-corrected chi connectivity index (χ2v) is 7.72. The Balaban J connectivity index is 1.72. The Bertz CT molecular complexity index is 653. The molecule has 1 saturated carbocycles. The molecular formula is C22H34FN3O2. The molecule has 0 aliphatic heterocycles. The number of halogens is 1. The number of amides is 2. The minimum Gasteiger partial charge on any atom is -0.352 e. The Morgan fingerprint density at radius 3 is 2.39 bits per heavy atom. The molecule has 0 heterocycles. The van der Waals surface area contributed by atoms with Crippen molar-refractivity contribution in [1.82, 2.24) is 15.5 Å². The predicted molar refractivity (Wildman–Crippen MR) is 110 cm³/mol. The van der Waals surface area contributed by atoms with Crippen molar-refractivity contribution in [3.05, 3.63) is 34.9 Å². The molecule has 0 aromatic heterocycles. The summed E-state index contributed by atoms with van der Waals surface area (Å²) in [7, 11) is 0. The molecular weight excluding hydrogens is 357 g/mol. The van der Waals surface area contributed by atoms with Crippen molar-refractivity contribution in [3.8, 4) is 0 Å². The third-order valence-corrected chi connectivity index (χ3v) is 5.61. The summed E-state index contributed by atoms with van der Waals surface area (Å²) >= 11 is 0. The highest BCUT2D eigenvalue weighted by atomic mass is 19.1. The van der Waals surface area contributed by atoms with Gasteiger partial charge in [0, 0.05) is 31.2 Å². The van der Waals surface area contributed by atoms with Gasteiger partial charge in [0.25, 0.3) is 5.91 Å². The number of nitrogens with zero attached hydrogens (tertiary/aromatic N) is 1. The van der Waals surface area contributed by atoms with Gasteiger partial charge in [-0.25, -0.2) is 4.39 Å². The standard InChI is InChI=1S/C22H34FN3O2/c1-4-26(5-2)21(27)15-24-20-8-6-17(7-9-20)14-25-22(28)19-11-16(3)10-18(12-19)13-23/h10-12,17,20,24H,4-9,13-15H2,1-3H3,(H,25,28)/t17-,20-. The number of carbonyl (C=O) groups excluding carboxylic acids is 2. The average molecular weight is 392 g/mol. The molecule has 1 aliphatic rings. The van der Waals surface area contributed by atoms with Crippen LogP contribution in [0.1, 0.15) is 61.0 Å². The SMILES string of the molecule is CCN(CC)C(=O)CN[C@H]1CC[C@H](CNC(=O)c2cc(C)cc(CF)c2)CC1. The van der Waals surface area contributed by atoms with Gasteiger partial charge in [0.15, 0.2) is 0 Å². The van der Waals surface area contributed by atoms with Crippen LogP contribution in [0.4, 0.5) is 4.39 Å². The van der Waals surface area contributed by atoms with Gasteiger partial charge in [-0.3, -0.25) is 9.59 Å². The van der Waals surface area contributed by atoms with Gasteiger partial charge in [-0.15, -0.1) is 0 Å². The molecule has 1 aliphatic carbocycles. The lowest BCUT2D eigenvalue weighted by molar-refractivity contribution is -0.130. The molecule has 1 aromatic rings. The van der Waals surface area contributed by atoms with Crippen LogP contribution in [0.5, 0.6) is 0 Å². The zero-order valence-electron chi connectivity index (χ0n) is 17.4. The molecule has 5 nitrogen and oxygen atoms in total. The van der Waals surface area contributed by atoms with Crippen LogP contribution in [-0.2, 0) is 11.5 Å². The topological polar surface area (TPSA) is 61.4 Å². The molecule has 156 valence electrons. The van der Waals surface area contributed by atoms with E-state index in [1.807, 2.05) is 25.7 Å². The molecule has 2 rings (SSSR count). The van der Waals surface area contributed by atoms with E-state index >= 15 is 0 Å². The molecule has 0 unspecified atom stereocenters. The number of hydrogen-bond donors (Lipinski definition) is 2. The van der Waals surface area contributed by atoms with Crippen molar-refractivity contribution in [2.24, 2.45) is 5.92 Å². The van der Waals surface area contributed by atoms with E-state index in [0.717, 1.165) is 44.3 Å². The van der Waals surface area contributed by atoms with E-state index in [1.54, 1.807) is 18.2 Å². The van der Waals surface area contributed by atoms with Gasteiger partial charge in [0.05, 0.1) is 6.54 Å². The number of hydrogen-bond acceptors (Lipinski definition) is 3. The quantitative estimate of drug-likeness (QED) is 0.680. The van der Waals surface area contributed by atoms with Crippen LogP contribution < -0.4 is 10.6 Å². The fraction of sp³-hybridized carbons (Fsp3) is 0.636. The molecule has 0 atom stereocenters. The van der Waals surface area contributed by atoms with Gasteiger partial charge in [-0.2, -0.15) is 0 Å². The van der Waals surface area contributed by atoms with E-state index in [2.05, 4.69) is 10.6 Å². The van der Waals surface area contributed by atoms with Crippen LogP contribution in [0.25, 0.3) is 0 Å². The van der Waals surface area contributed by atoms with Crippen molar-refractivity contribution >= 4 is 11.8 Å². The minimum absolute atomic E-state index is 0.136. The highest BCUT2D eigenvalue weighted by Gasteiger charge is 2.22. The summed E-state index contributed by atoms with van der Waals surface area (Å²) in [5.74, 6) is 0.472. The van der Waals surface area contributed by atoms with Crippen molar-refractivity contribution in [3.63, 3.8) is 0 Å². The summed E-state index contributed by atoms with van der Waals surface area (Å²) in [6.07, 6.45) is 4.09. The first kappa shape index (κ1) is 22.3. The molecule has 0 radical (unpaired) electrons. The summed E-state index contributed by atoms with van der Waals surface area (Å²) in [4.78, 5) is 26.3. The summed E-state index contributed by atoms with van der Waals surface area (Å²) in [5.41, 5.74) is 1.96. The summed E-state index contributed by atoms with van der Waals surface area (Å²) in [6, 6.07) is 5.55. The smallest absolute Gasteiger partial charge is 0.251 e. The molecule has 1 fully saturated rings. The van der Waals surface area contributed by atoms with Gasteiger partial charge >= 0.3 is 0 Å². The normalized spacial score (nSPS) is 19.3. The zero-order chi connectivity index (χ0) is 20.5. The Morgan fingerprint density at radius 1 is 1.11 bits per heavy atom. The Kier molecular flexibility index (Phi) is 8.90. The average Bonchev–Trinajstić information content (AvgIpc) is 2.71. The van der Waals surface area contributed by atoms with Gasteiger partial charge in [-0.1, -0.05) is 6.07 Å². The van der Waals surface area contributed by atoms with E-state index in [0.29, 0.717) is 36.2 Å². The first-order valence-corrected chi connectivity index (χ1v) is 10.4. The third-order valence-electron chi connectivity index (χ3n) is 5.61. The van der Waals surface area contributed by atoms with E-state index in [-0.39, 0.29) is 11.8 Å². The maximum absolute atomic E-state index is 12.9. The van der Waals surface area contributed by atoms with E-state index < -0.39 is 6.67 Å². The van der Waals surface area contributed by atoms with E-state index in [9.17, 15) is 14.0 Å². The fourth-order valence-corrected chi connectivity index (χ4v) is 3.90. The van der Waals surface area contributed by atoms with Crippen LogP contribution in [0.2, 0.25) is 0 Å². The number of aryl methyl sites for hydroxylation is 1. The van der Waals surface area contributed by atoms with Crippen molar-refractivity contribution in [2.45, 2.75) is 59.2 Å². The molecule has 28 heavy (non-hydrogen) atoms. The lowest BCUT2D eigenvalue weighted by Gasteiger charge is -2.30. The van der Waals surface area contributed by atoms with E-state index in [4.69, 9.17) is 0 Å². The van der Waals surface area contributed by atoms with Gasteiger partial charge < -0.3 is 15.5 Å². The second-order valence-electron chi connectivity index (χ2n) is 7.72. The lowest BCUT2D eigenvalue weighted by Crippen LogP contribution is -2.43. The van der Waals surface area contributed by atoms with Crippen LogP contribution in [-0.4, -0.2) is 48.9 Å². The van der Waals surface area contributed by atoms with Gasteiger partial charge in [0.1, 0.15) is 6.67 Å². The summed E-state index contributed by atoms with van der Waals surface area (Å²) in [5, 5.41) is 6.39. The number of nitrogens with one attached hydrogen (secondary N) is 2. The van der Waals surface area contributed by atoms with Crippen LogP contribution in [0, 0.1) is 12.8 Å². The predicted octanol–water partition coefficient (Wildman–Crippen LogP) is 3.21. The summed E-state index contributed by atoms with van der Waals surface area (Å²) in [6.45, 7) is 7.84. The first-order valence-electron chi connectivity index (χ1n) is 10.4. The van der Waals surface area contributed by atoms with Crippen LogP contribution in [0.15, 0.2) is 18.2 Å². The Morgan fingerprint density at radius 2 is 1.79 bits per heavy atom. The molecule has 0 saturated heterocycles. The van der Waals surface area contributed by atoms with Crippen LogP contribution >= 0.6 is 0 Å². The fourth-order valence-electron chi connectivity index (χ4n) is 3.90. The third kappa shape index (κ3) is 6.59. The molecule has 0 bridgehead atoms. The monoisotopic (exact) mass is 391 g/mol. The van der Waals surface area contributed by atoms with E-state index in [1.165, 1.54) is 0 Å². The molecule has 2 N–H and O–H groups in total. The number of likely N-dealkylation sites (N-methyl/N-ethyl adjacent to an activating group) is 1. The highest BCUT2D eigenvalue weighted by Crippen LogP contribution is 2.24. The molecule has 2 amide bonds. The molecule has 0 spiro atoms. The summed E-state index contributed by atoms with van der Waals surface area (Å²) < 4.78 is 12.9. The second kappa shape index (κ2) is 11.1. The van der Waals surface area contributed by atoms with Crippen LogP contribution in [0.3, 0.4) is 0 Å². The van der Waals surface area contributed by atoms with Gasteiger partial charge in [-0.05, 0) is 75.6 Å². The lowest BCUT2D eigenvalue weighted by atomic mass is 9.86. The highest BCUT2D eigenvalue weighted by molar-refractivity contribution is 5.94. The largest absolute Gasteiger partial charge is 0.352 e. The number of alkyl halides is 1. The Labute approximate surface area is 168 Å². The molecule has 6 heteroatoms. The minimum atomic E-state index is -0.560. The molecule has 1 aromatic carbocycles. The van der Waals surface area contributed by atoms with Crippen molar-refractivity contribution in [1.29, 1.82) is 0 Å². The van der Waals surface area contributed by atoms with Gasteiger partial charge in [0.2, 0.25) is 5.91 Å². The van der Waals surface area contributed by atoms with Crippen molar-refractivity contribution < 1.29 is 14.0 Å². The number of carbonyl (C=O) groups is 2. The van der Waals surface area contributed by atoms with Crippen molar-refractivity contribution in [2.75, 3.05) is 26.2 Å².